The first-order valence-electron chi connectivity index (χ1n) is 38.2. The molecule has 110 heavy (non-hydrogen) atoms. The number of piperidine rings is 2. The third-order valence-corrected chi connectivity index (χ3v) is 21.6. The molecule has 0 bridgehead atoms. The number of benzene rings is 3. The summed E-state index contributed by atoms with van der Waals surface area (Å²) >= 11 is 0. The molecule has 0 radical (unpaired) electrons. The molecule has 3 aliphatic carbocycles. The maximum absolute atomic E-state index is 13.0. The topological polar surface area (TPSA) is 356 Å². The van der Waals surface area contributed by atoms with E-state index in [0.717, 1.165) is 144 Å². The number of rotatable bonds is 11. The number of aromatic nitrogens is 9. The van der Waals surface area contributed by atoms with Gasteiger partial charge >= 0.3 is 12.2 Å². The fourth-order valence-corrected chi connectivity index (χ4v) is 15.7. The van der Waals surface area contributed by atoms with E-state index in [0.29, 0.717) is 77.6 Å². The van der Waals surface area contributed by atoms with Gasteiger partial charge in [0.1, 0.15) is 63.0 Å². The van der Waals surface area contributed by atoms with E-state index in [-0.39, 0.29) is 68.8 Å². The van der Waals surface area contributed by atoms with E-state index < -0.39 is 22.0 Å². The minimum absolute atomic E-state index is 0.0568. The molecule has 2 amide bonds. The maximum atomic E-state index is 13.0. The van der Waals surface area contributed by atoms with Gasteiger partial charge in [-0.25, -0.2) is 29.5 Å². The first-order valence-corrected chi connectivity index (χ1v) is 39.8. The predicted octanol–water partition coefficient (Wildman–Crippen LogP) is 13.5. The molecule has 3 aliphatic heterocycles. The lowest BCUT2D eigenvalue weighted by Gasteiger charge is -2.36. The number of anilines is 6. The second-order valence-corrected chi connectivity index (χ2v) is 32.3. The van der Waals surface area contributed by atoms with Gasteiger partial charge in [0, 0.05) is 121 Å². The fraction of sp³-hybridized carbons (Fsp3) is 0.463. The Labute approximate surface area is 642 Å². The van der Waals surface area contributed by atoms with Crippen molar-refractivity contribution in [2.24, 2.45) is 0 Å². The van der Waals surface area contributed by atoms with Crippen molar-refractivity contribution in [3.05, 3.63) is 168 Å². The van der Waals surface area contributed by atoms with Crippen molar-refractivity contribution in [3.8, 4) is 18.2 Å². The summed E-state index contributed by atoms with van der Waals surface area (Å²) < 4.78 is 27.5. The summed E-state index contributed by atoms with van der Waals surface area (Å²) in [6.45, 7) is 17.8. The van der Waals surface area contributed by atoms with Gasteiger partial charge in [0.15, 0.2) is 0 Å². The quantitative estimate of drug-likeness (QED) is 0.0690. The smallest absolute Gasteiger partial charge is 0.410 e. The van der Waals surface area contributed by atoms with Crippen molar-refractivity contribution in [1.29, 1.82) is 15.8 Å². The van der Waals surface area contributed by atoms with Gasteiger partial charge in [0.05, 0.1) is 10.8 Å². The highest BCUT2D eigenvalue weighted by Gasteiger charge is 2.31. The Morgan fingerprint density at radius 1 is 0.500 bits per heavy atom. The Morgan fingerprint density at radius 3 is 1.24 bits per heavy atom. The van der Waals surface area contributed by atoms with Crippen molar-refractivity contribution >= 4 is 90.7 Å². The number of nitriles is 3. The Hall–Kier alpha value is -11.2. The summed E-state index contributed by atoms with van der Waals surface area (Å²) in [7, 11) is -1.31. The monoisotopic (exact) mass is 1510 g/mol. The van der Waals surface area contributed by atoms with Gasteiger partial charge < -0.3 is 45.9 Å². The third-order valence-electron chi connectivity index (χ3n) is 20.9. The zero-order valence-electron chi connectivity index (χ0n) is 63.7. The molecule has 6 fully saturated rings. The lowest BCUT2D eigenvalue weighted by atomic mass is 9.89. The Morgan fingerprint density at radius 2 is 0.864 bits per heavy atom. The van der Waals surface area contributed by atoms with Crippen LogP contribution in [0.4, 0.5) is 44.2 Å². The molecule has 6 aliphatic rings. The van der Waals surface area contributed by atoms with Gasteiger partial charge in [-0.05, 0) is 209 Å². The summed E-state index contributed by atoms with van der Waals surface area (Å²) in [5.41, 5.74) is 12.2. The van der Waals surface area contributed by atoms with Crippen molar-refractivity contribution in [1.82, 2.24) is 58.7 Å². The molecule has 9 heterocycles. The molecule has 6 aromatic heterocycles. The second kappa shape index (κ2) is 35.0. The normalized spacial score (nSPS) is 17.0. The van der Waals surface area contributed by atoms with Crippen LogP contribution in [0.2, 0.25) is 0 Å². The number of carbonyl (C=O) groups excluding carboxylic acids is 2. The van der Waals surface area contributed by atoms with Crippen LogP contribution in [0.25, 0.3) is 33.1 Å². The van der Waals surface area contributed by atoms with Crippen LogP contribution in [0.3, 0.4) is 0 Å². The van der Waals surface area contributed by atoms with Crippen LogP contribution < -0.4 is 43.3 Å². The number of carbonyl (C=O) groups is 2. The average Bonchev–Trinajstić information content (AvgIpc) is 1.22. The summed E-state index contributed by atoms with van der Waals surface area (Å²) in [4.78, 5) is 95.1. The molecule has 5 N–H and O–H groups in total. The van der Waals surface area contributed by atoms with E-state index in [4.69, 9.17) is 25.5 Å². The SMILES string of the molecule is CC(C)(C)OC(=O)N1CCC(c2ccc(Nc3ncc4cc(C#N)c(=O)n(C5CCCC5)c4n3)cc2)CC1.CC(C)(C)OC(=O)N1CCN(c2ccc(N)cc2)CC1.CS(=O)c1ncc2cc(C#N)c(=O)n(C3CCCC3)c2n1.N#Cc1cc2cnc(Nc3ccc(C4CCNCC4)cc3)nc2n(C2CCCC2)c1=O. The summed E-state index contributed by atoms with van der Waals surface area (Å²) in [5.74, 6) is 1.86. The Bertz CT molecular complexity index is 5130. The number of hydrogen-bond acceptors (Lipinski definition) is 22. The van der Waals surface area contributed by atoms with Crippen LogP contribution >= 0.6 is 0 Å². The van der Waals surface area contributed by atoms with Crippen LogP contribution in [-0.4, -0.2) is 140 Å². The first-order chi connectivity index (χ1) is 52.9. The third kappa shape index (κ3) is 19.3. The zero-order valence-corrected chi connectivity index (χ0v) is 64.5. The number of piperazine rings is 1. The highest BCUT2D eigenvalue weighted by atomic mass is 32.2. The van der Waals surface area contributed by atoms with E-state index in [2.05, 4.69) is 82.2 Å². The molecular formula is C82H97N19O8S. The number of likely N-dealkylation sites (tertiary alicyclic amines) is 1. The van der Waals surface area contributed by atoms with E-state index >= 15 is 0 Å². The van der Waals surface area contributed by atoms with Crippen LogP contribution in [0, 0.1) is 34.0 Å². The molecule has 28 heteroatoms. The number of ether oxygens (including phenoxy) is 2. The Kier molecular flexibility index (Phi) is 25.0. The van der Waals surface area contributed by atoms with Gasteiger partial charge in [0.2, 0.25) is 17.1 Å². The molecule has 0 spiro atoms. The molecule has 574 valence electrons. The lowest BCUT2D eigenvalue weighted by molar-refractivity contribution is 0.0202. The van der Waals surface area contributed by atoms with Gasteiger partial charge in [-0.3, -0.25) is 32.3 Å². The Balaban J connectivity index is 0.000000141. The van der Waals surface area contributed by atoms with Crippen LogP contribution in [0.15, 0.2) is 129 Å². The molecule has 1 unspecified atom stereocenters. The largest absolute Gasteiger partial charge is 0.444 e. The van der Waals surface area contributed by atoms with Gasteiger partial charge in [-0.1, -0.05) is 62.8 Å². The van der Waals surface area contributed by atoms with Crippen molar-refractivity contribution < 1.29 is 23.3 Å². The summed E-state index contributed by atoms with van der Waals surface area (Å²) in [6.07, 6.45) is 22.0. The maximum Gasteiger partial charge on any atom is 0.410 e. The number of hydrogen-bond donors (Lipinski definition) is 4. The van der Waals surface area contributed by atoms with Gasteiger partial charge in [0.25, 0.3) is 16.7 Å². The highest BCUT2D eigenvalue weighted by molar-refractivity contribution is 7.84. The standard InChI is InChI=1S/C29H34N6O3.C24H26N6O.C15H23N3O2.C14H14N4O2S/c1-29(2,3)38-28(37)34-14-12-20(13-15-34)19-8-10-23(11-9-19)32-27-31-18-22-16-21(17-30)26(36)35(25(22)33-27)24-6-4-5-7-24;25-14-18-13-19-15-27-24(29-22(19)30(23(18)31)21-3-1-2-4-21)28-20-7-5-16(6-8-20)17-9-11-26-12-10-17;1-15(2,3)20-14(19)18-10-8-17(9-11-18)13-6-4-12(16)5-7-13;1-21(20)14-16-8-10-6-9(7-15)13(19)18(12(10)17-14)11-4-2-3-5-11/h8-11,16,18,20,24H,4-7,12-15H2,1-3H3,(H,31,32,33);5-8,13,15,17,21,26H,1-4,9-12H2,(H,27,28,29);4-7H,8-11,16H2,1-3H3;6,8,11H,2-5H2,1H3. The number of nitrogens with one attached hydrogen (secondary N) is 3. The van der Waals surface area contributed by atoms with Crippen LogP contribution in [-0.2, 0) is 20.3 Å². The van der Waals surface area contributed by atoms with E-state index in [1.54, 1.807) is 48.0 Å². The molecule has 15 rings (SSSR count). The molecule has 3 saturated heterocycles. The number of amides is 2. The number of nitrogens with two attached hydrogens (primary N) is 1. The average molecular weight is 1510 g/mol. The lowest BCUT2D eigenvalue weighted by Crippen LogP contribution is -2.50. The van der Waals surface area contributed by atoms with Crippen LogP contribution in [0.5, 0.6) is 0 Å². The fourth-order valence-electron chi connectivity index (χ4n) is 15.3. The summed E-state index contributed by atoms with van der Waals surface area (Å²) in [5, 5.41) is 40.2. The van der Waals surface area contributed by atoms with Gasteiger partial charge in [-0.15, -0.1) is 0 Å². The van der Waals surface area contributed by atoms with Crippen molar-refractivity contribution in [2.45, 2.75) is 191 Å². The molecule has 27 nitrogen and oxygen atoms in total. The molecule has 3 saturated carbocycles. The van der Waals surface area contributed by atoms with Crippen molar-refractivity contribution in [3.63, 3.8) is 0 Å². The van der Waals surface area contributed by atoms with Crippen LogP contribution in [0.1, 0.15) is 202 Å². The molecular weight excluding hydrogens is 1410 g/mol. The number of pyridine rings is 3. The minimum atomic E-state index is -1.31. The second-order valence-electron chi connectivity index (χ2n) is 31.0. The minimum Gasteiger partial charge on any atom is -0.444 e. The zero-order chi connectivity index (χ0) is 77.8. The summed E-state index contributed by atoms with van der Waals surface area (Å²) in [6, 6.07) is 35.4. The predicted molar refractivity (Wildman–Crippen MR) is 425 cm³/mol. The number of nitrogens with zero attached hydrogens (tertiary/aromatic N) is 15. The molecule has 3 aromatic carbocycles. The molecule has 9 aromatic rings. The van der Waals surface area contributed by atoms with E-state index in [9.17, 15) is 38.7 Å². The number of nitrogen functional groups attached to an aromatic ring is 1. The first kappa shape index (κ1) is 78.4. The number of fused-ring (bicyclic) bond motifs is 3. The molecule has 1 atom stereocenters. The van der Waals surface area contributed by atoms with Crippen molar-refractivity contribution in [2.75, 3.05) is 79.9 Å². The van der Waals surface area contributed by atoms with E-state index in [1.807, 2.05) is 96.1 Å². The van der Waals surface area contributed by atoms with E-state index in [1.165, 1.54) is 42.5 Å². The highest BCUT2D eigenvalue weighted by Crippen LogP contribution is 2.36. The van der Waals surface area contributed by atoms with Gasteiger partial charge in [-0.2, -0.15) is 25.8 Å².